The highest BCUT2D eigenvalue weighted by Gasteiger charge is 2.13. The van der Waals surface area contributed by atoms with Gasteiger partial charge < -0.3 is 10.2 Å². The molecule has 2 aromatic carbocycles. The Morgan fingerprint density at radius 2 is 1.67 bits per heavy atom. The molecular formula is C21H18BrN3O2. The van der Waals surface area contributed by atoms with E-state index in [-0.39, 0.29) is 11.8 Å². The van der Waals surface area contributed by atoms with Crippen molar-refractivity contribution in [2.75, 3.05) is 12.4 Å². The van der Waals surface area contributed by atoms with E-state index in [1.54, 1.807) is 60.7 Å². The molecule has 2 amide bonds. The lowest BCUT2D eigenvalue weighted by atomic mass is 10.1. The largest absolute Gasteiger partial charge is 0.337 e. The van der Waals surface area contributed by atoms with E-state index < -0.39 is 0 Å². The second kappa shape index (κ2) is 8.60. The van der Waals surface area contributed by atoms with Crippen molar-refractivity contribution in [2.24, 2.45) is 0 Å². The number of anilines is 1. The number of nitrogens with zero attached hydrogens (tertiary/aromatic N) is 2. The van der Waals surface area contributed by atoms with Gasteiger partial charge in [-0.3, -0.25) is 14.6 Å². The molecule has 6 heteroatoms. The zero-order chi connectivity index (χ0) is 19.2. The summed E-state index contributed by atoms with van der Waals surface area (Å²) < 4.78 is 0.914. The molecule has 27 heavy (non-hydrogen) atoms. The van der Waals surface area contributed by atoms with E-state index in [1.807, 2.05) is 24.3 Å². The van der Waals surface area contributed by atoms with Crippen LogP contribution >= 0.6 is 15.9 Å². The van der Waals surface area contributed by atoms with Gasteiger partial charge in [0, 0.05) is 47.3 Å². The quantitative estimate of drug-likeness (QED) is 0.662. The molecule has 0 atom stereocenters. The fourth-order valence-electron chi connectivity index (χ4n) is 2.56. The molecule has 1 heterocycles. The molecule has 3 aromatic rings. The minimum Gasteiger partial charge on any atom is -0.337 e. The van der Waals surface area contributed by atoms with Gasteiger partial charge in [0.05, 0.1) is 0 Å². The first-order valence-electron chi connectivity index (χ1n) is 8.34. The Labute approximate surface area is 166 Å². The van der Waals surface area contributed by atoms with Crippen LogP contribution < -0.4 is 5.32 Å². The molecular weight excluding hydrogens is 406 g/mol. The van der Waals surface area contributed by atoms with Crippen LogP contribution in [0.3, 0.4) is 0 Å². The van der Waals surface area contributed by atoms with E-state index in [2.05, 4.69) is 26.2 Å². The molecule has 1 N–H and O–H groups in total. The van der Waals surface area contributed by atoms with E-state index >= 15 is 0 Å². The van der Waals surface area contributed by atoms with Crippen molar-refractivity contribution in [1.82, 2.24) is 9.88 Å². The van der Waals surface area contributed by atoms with E-state index in [9.17, 15) is 9.59 Å². The van der Waals surface area contributed by atoms with Crippen molar-refractivity contribution in [3.05, 3.63) is 94.2 Å². The third-order valence-electron chi connectivity index (χ3n) is 3.99. The molecule has 3 rings (SSSR count). The van der Waals surface area contributed by atoms with Gasteiger partial charge in [0.1, 0.15) is 0 Å². The molecule has 0 aliphatic rings. The van der Waals surface area contributed by atoms with Crippen molar-refractivity contribution < 1.29 is 9.59 Å². The lowest BCUT2D eigenvalue weighted by Crippen LogP contribution is -2.26. The van der Waals surface area contributed by atoms with Crippen molar-refractivity contribution in [1.29, 1.82) is 0 Å². The first-order valence-corrected chi connectivity index (χ1v) is 9.13. The van der Waals surface area contributed by atoms with Crippen LogP contribution in [0.15, 0.2) is 77.5 Å². The number of benzene rings is 2. The van der Waals surface area contributed by atoms with Crippen LogP contribution in [0.1, 0.15) is 26.3 Å². The standard InChI is InChI=1S/C21H18BrN3O2/c1-25(14-15-3-2-12-23-13-15)21(27)17-6-10-19(11-7-17)24-20(26)16-4-8-18(22)9-5-16/h2-13H,14H2,1H3,(H,24,26). The number of halogens is 1. The summed E-state index contributed by atoms with van der Waals surface area (Å²) in [5.41, 5.74) is 2.72. The van der Waals surface area contributed by atoms with Gasteiger partial charge in [-0.05, 0) is 60.2 Å². The maximum absolute atomic E-state index is 12.5. The maximum atomic E-state index is 12.5. The van der Waals surface area contributed by atoms with Crippen LogP contribution in [-0.2, 0) is 6.54 Å². The van der Waals surface area contributed by atoms with Crippen LogP contribution in [0.4, 0.5) is 5.69 Å². The van der Waals surface area contributed by atoms with Crippen LogP contribution in [-0.4, -0.2) is 28.7 Å². The second-order valence-corrected chi connectivity index (χ2v) is 6.98. The number of carbonyl (C=O) groups excluding carboxylic acids is 2. The Morgan fingerprint density at radius 1 is 1.00 bits per heavy atom. The number of aromatic nitrogens is 1. The molecule has 0 saturated carbocycles. The Kier molecular flexibility index (Phi) is 5.98. The van der Waals surface area contributed by atoms with Gasteiger partial charge in [-0.2, -0.15) is 0 Å². The topological polar surface area (TPSA) is 62.3 Å². The van der Waals surface area contributed by atoms with Gasteiger partial charge >= 0.3 is 0 Å². The zero-order valence-electron chi connectivity index (χ0n) is 14.7. The maximum Gasteiger partial charge on any atom is 0.255 e. The third-order valence-corrected chi connectivity index (χ3v) is 4.51. The minimum absolute atomic E-state index is 0.0929. The highest BCUT2D eigenvalue weighted by molar-refractivity contribution is 9.10. The summed E-state index contributed by atoms with van der Waals surface area (Å²) in [6, 6.07) is 17.7. The van der Waals surface area contributed by atoms with Crippen LogP contribution in [0.2, 0.25) is 0 Å². The average molecular weight is 424 g/mol. The number of amides is 2. The van der Waals surface area contributed by atoms with E-state index in [1.165, 1.54) is 0 Å². The van der Waals surface area contributed by atoms with Crippen LogP contribution in [0.5, 0.6) is 0 Å². The molecule has 0 aliphatic heterocycles. The highest BCUT2D eigenvalue weighted by atomic mass is 79.9. The van der Waals surface area contributed by atoms with Gasteiger partial charge in [-0.1, -0.05) is 22.0 Å². The molecule has 0 bridgehead atoms. The fraction of sp³-hybridized carbons (Fsp3) is 0.0952. The molecule has 0 unspecified atom stereocenters. The number of nitrogens with one attached hydrogen (secondary N) is 1. The molecule has 136 valence electrons. The molecule has 0 spiro atoms. The predicted octanol–water partition coefficient (Wildman–Crippen LogP) is 4.37. The monoisotopic (exact) mass is 423 g/mol. The summed E-state index contributed by atoms with van der Waals surface area (Å²) in [5.74, 6) is -0.292. The fourth-order valence-corrected chi connectivity index (χ4v) is 2.82. The summed E-state index contributed by atoms with van der Waals surface area (Å²) in [6.45, 7) is 0.481. The predicted molar refractivity (Wildman–Crippen MR) is 109 cm³/mol. The van der Waals surface area contributed by atoms with Gasteiger partial charge in [0.2, 0.25) is 0 Å². The molecule has 0 saturated heterocycles. The molecule has 0 aliphatic carbocycles. The Morgan fingerprint density at radius 3 is 2.30 bits per heavy atom. The third kappa shape index (κ3) is 5.01. The summed E-state index contributed by atoms with van der Waals surface area (Å²) in [4.78, 5) is 30.5. The number of rotatable bonds is 5. The van der Waals surface area contributed by atoms with Crippen molar-refractivity contribution in [3.63, 3.8) is 0 Å². The Balaban J connectivity index is 1.63. The Bertz CT molecular complexity index is 926. The smallest absolute Gasteiger partial charge is 0.255 e. The highest BCUT2D eigenvalue weighted by Crippen LogP contribution is 2.15. The van der Waals surface area contributed by atoms with E-state index in [0.29, 0.717) is 23.4 Å². The van der Waals surface area contributed by atoms with E-state index in [4.69, 9.17) is 0 Å². The van der Waals surface area contributed by atoms with Gasteiger partial charge in [0.25, 0.3) is 11.8 Å². The van der Waals surface area contributed by atoms with Gasteiger partial charge in [-0.25, -0.2) is 0 Å². The number of hydrogen-bond acceptors (Lipinski definition) is 3. The summed E-state index contributed by atoms with van der Waals surface area (Å²) >= 11 is 3.34. The summed E-state index contributed by atoms with van der Waals surface area (Å²) in [5, 5.41) is 2.83. The number of hydrogen-bond donors (Lipinski definition) is 1. The van der Waals surface area contributed by atoms with Gasteiger partial charge in [0.15, 0.2) is 0 Å². The normalized spacial score (nSPS) is 10.3. The van der Waals surface area contributed by atoms with Crippen LogP contribution in [0, 0.1) is 0 Å². The molecule has 0 radical (unpaired) electrons. The van der Waals surface area contributed by atoms with Crippen LogP contribution in [0.25, 0.3) is 0 Å². The lowest BCUT2D eigenvalue weighted by molar-refractivity contribution is 0.0785. The van der Waals surface area contributed by atoms with Crippen molar-refractivity contribution in [3.8, 4) is 0 Å². The molecule has 1 aromatic heterocycles. The minimum atomic E-state index is -0.199. The Hall–Kier alpha value is -2.99. The first kappa shape index (κ1) is 18.8. The first-order chi connectivity index (χ1) is 13.0. The lowest BCUT2D eigenvalue weighted by Gasteiger charge is -2.17. The number of pyridine rings is 1. The summed E-state index contributed by atoms with van der Waals surface area (Å²) in [7, 11) is 1.75. The average Bonchev–Trinajstić information content (AvgIpc) is 2.69. The zero-order valence-corrected chi connectivity index (χ0v) is 16.3. The van der Waals surface area contributed by atoms with E-state index in [0.717, 1.165) is 10.0 Å². The second-order valence-electron chi connectivity index (χ2n) is 6.06. The molecule has 0 fully saturated rings. The van der Waals surface area contributed by atoms with Gasteiger partial charge in [-0.15, -0.1) is 0 Å². The SMILES string of the molecule is CN(Cc1cccnc1)C(=O)c1ccc(NC(=O)c2ccc(Br)cc2)cc1. The van der Waals surface area contributed by atoms with Crippen molar-refractivity contribution >= 4 is 33.4 Å². The number of carbonyl (C=O) groups is 2. The molecule has 5 nitrogen and oxygen atoms in total. The summed E-state index contributed by atoms with van der Waals surface area (Å²) in [6.07, 6.45) is 3.44. The van der Waals surface area contributed by atoms with Crippen molar-refractivity contribution in [2.45, 2.75) is 6.54 Å².